The van der Waals surface area contributed by atoms with E-state index in [9.17, 15) is 16.8 Å². The van der Waals surface area contributed by atoms with Crippen LogP contribution in [0.1, 0.15) is 0 Å². The highest BCUT2D eigenvalue weighted by Crippen LogP contribution is 2.44. The molecule has 0 unspecified atom stereocenters. The second-order valence-corrected chi connectivity index (χ2v) is 9.61. The van der Waals surface area contributed by atoms with Gasteiger partial charge in [0.2, 0.25) is 9.84 Å². The molecule has 2 aromatic rings. The summed E-state index contributed by atoms with van der Waals surface area (Å²) in [6.07, 6.45) is 0. The molecular weight excluding hydrogens is 388 g/mol. The maximum atomic E-state index is 12.4. The maximum Gasteiger partial charge on any atom is 0.261 e. The molecule has 0 N–H and O–H groups in total. The van der Waals surface area contributed by atoms with Gasteiger partial charge in [0.15, 0.2) is 0 Å². The average Bonchev–Trinajstić information content (AvgIpc) is 2.57. The Kier molecular flexibility index (Phi) is 3.02. The lowest BCUT2D eigenvalue weighted by molar-refractivity contribution is 0.598. The van der Waals surface area contributed by atoms with Gasteiger partial charge in [0.05, 0.1) is 14.7 Å². The van der Waals surface area contributed by atoms with E-state index in [0.717, 1.165) is 6.07 Å². The lowest BCUT2D eigenvalue weighted by Crippen LogP contribution is -1.99. The van der Waals surface area contributed by atoms with Crippen LogP contribution in [0.5, 0.6) is 0 Å². The molecule has 3 rings (SSSR count). The highest BCUT2D eigenvalue weighted by atomic mass is 79.9. The molecule has 0 atom stereocenters. The van der Waals surface area contributed by atoms with Crippen LogP contribution in [0.4, 0.5) is 0 Å². The van der Waals surface area contributed by atoms with E-state index in [1.165, 1.54) is 18.2 Å². The van der Waals surface area contributed by atoms with E-state index in [4.69, 9.17) is 10.7 Å². The van der Waals surface area contributed by atoms with E-state index in [1.54, 1.807) is 12.1 Å². The number of fused-ring (bicyclic) bond motifs is 3. The molecule has 1 aliphatic rings. The molecule has 0 saturated heterocycles. The first-order valence-corrected chi connectivity index (χ1v) is 9.93. The summed E-state index contributed by atoms with van der Waals surface area (Å²) in [7, 11) is -2.44. The number of sulfone groups is 1. The van der Waals surface area contributed by atoms with Gasteiger partial charge in [0.25, 0.3) is 9.05 Å². The third-order valence-corrected chi connectivity index (χ3v) is 6.73. The first-order chi connectivity index (χ1) is 9.21. The Morgan fingerprint density at radius 1 is 0.950 bits per heavy atom. The summed E-state index contributed by atoms with van der Waals surface area (Å²) in [4.78, 5) is -0.105. The van der Waals surface area contributed by atoms with E-state index >= 15 is 0 Å². The second-order valence-electron chi connectivity index (χ2n) is 4.24. The Bertz CT molecular complexity index is 949. The number of rotatable bonds is 1. The predicted octanol–water partition coefficient (Wildman–Crippen LogP) is 3.19. The van der Waals surface area contributed by atoms with Crippen molar-refractivity contribution < 1.29 is 16.8 Å². The molecule has 0 saturated carbocycles. The van der Waals surface area contributed by atoms with Crippen LogP contribution in [0.25, 0.3) is 11.1 Å². The van der Waals surface area contributed by atoms with Crippen LogP contribution < -0.4 is 0 Å². The van der Waals surface area contributed by atoms with Gasteiger partial charge in [-0.15, -0.1) is 0 Å². The van der Waals surface area contributed by atoms with Crippen molar-refractivity contribution in [1.82, 2.24) is 0 Å². The van der Waals surface area contributed by atoms with Crippen molar-refractivity contribution in [3.8, 4) is 11.1 Å². The fraction of sp³-hybridized carbons (Fsp3) is 0. The van der Waals surface area contributed by atoms with Gasteiger partial charge in [-0.25, -0.2) is 16.8 Å². The molecule has 4 nitrogen and oxygen atoms in total. The zero-order valence-electron chi connectivity index (χ0n) is 9.67. The topological polar surface area (TPSA) is 68.3 Å². The summed E-state index contributed by atoms with van der Waals surface area (Å²) < 4.78 is 48.2. The van der Waals surface area contributed by atoms with Crippen molar-refractivity contribution in [2.45, 2.75) is 14.7 Å². The summed E-state index contributed by atoms with van der Waals surface area (Å²) in [5.41, 5.74) is 1.04. The third-order valence-electron chi connectivity index (χ3n) is 3.05. The van der Waals surface area contributed by atoms with Gasteiger partial charge in [0, 0.05) is 26.3 Å². The van der Waals surface area contributed by atoms with Crippen LogP contribution in [0.3, 0.4) is 0 Å². The quantitative estimate of drug-likeness (QED) is 0.595. The first-order valence-electron chi connectivity index (χ1n) is 5.35. The van der Waals surface area contributed by atoms with E-state index in [2.05, 4.69) is 15.9 Å². The minimum absolute atomic E-state index is 0.0349. The molecule has 0 fully saturated rings. The Morgan fingerprint density at radius 3 is 2.10 bits per heavy atom. The fourth-order valence-corrected chi connectivity index (χ4v) is 5.26. The van der Waals surface area contributed by atoms with Gasteiger partial charge >= 0.3 is 0 Å². The Hall–Kier alpha value is -0.890. The molecule has 0 spiro atoms. The molecule has 1 aliphatic heterocycles. The molecule has 20 heavy (non-hydrogen) atoms. The van der Waals surface area contributed by atoms with E-state index in [1.807, 2.05) is 0 Å². The van der Waals surface area contributed by atoms with Crippen LogP contribution >= 0.6 is 26.6 Å². The van der Waals surface area contributed by atoms with Crippen LogP contribution in [0, 0.1) is 0 Å². The zero-order valence-corrected chi connectivity index (χ0v) is 13.6. The molecule has 8 heteroatoms. The standard InChI is InChI=1S/C12H6BrClO4S2/c13-7-1-3-9-10-4-2-8(20(14,17)18)6-12(10)19(15,16)11(9)5-7/h1-6H. The highest BCUT2D eigenvalue weighted by molar-refractivity contribution is 9.10. The Balaban J connectivity index is 2.39. The van der Waals surface area contributed by atoms with Crippen molar-refractivity contribution in [1.29, 1.82) is 0 Å². The molecule has 0 aliphatic carbocycles. The van der Waals surface area contributed by atoms with Crippen molar-refractivity contribution >= 4 is 45.5 Å². The average molecular weight is 394 g/mol. The zero-order chi connectivity index (χ0) is 14.7. The first kappa shape index (κ1) is 14.1. The van der Waals surface area contributed by atoms with E-state index in [-0.39, 0.29) is 14.7 Å². The second kappa shape index (κ2) is 4.30. The summed E-state index contributed by atoms with van der Waals surface area (Å²) in [6.45, 7) is 0. The maximum absolute atomic E-state index is 12.4. The Labute approximate surface area is 128 Å². The van der Waals surface area contributed by atoms with Gasteiger partial charge in [-0.1, -0.05) is 28.1 Å². The van der Waals surface area contributed by atoms with Crippen LogP contribution in [0.15, 0.2) is 55.6 Å². The van der Waals surface area contributed by atoms with Crippen LogP contribution in [-0.4, -0.2) is 16.8 Å². The minimum Gasteiger partial charge on any atom is -0.218 e. The summed E-state index contributed by atoms with van der Waals surface area (Å²) in [5, 5.41) is 0. The molecule has 0 amide bonds. The summed E-state index contributed by atoms with van der Waals surface area (Å²) in [6, 6.07) is 8.77. The van der Waals surface area contributed by atoms with Gasteiger partial charge < -0.3 is 0 Å². The lowest BCUT2D eigenvalue weighted by atomic mass is 10.1. The van der Waals surface area contributed by atoms with E-state index in [0.29, 0.717) is 15.6 Å². The number of benzene rings is 2. The Morgan fingerprint density at radius 2 is 1.50 bits per heavy atom. The van der Waals surface area contributed by atoms with Crippen LogP contribution in [-0.2, 0) is 18.9 Å². The van der Waals surface area contributed by atoms with Crippen molar-refractivity contribution in [2.24, 2.45) is 0 Å². The van der Waals surface area contributed by atoms with E-state index < -0.39 is 18.9 Å². The fourth-order valence-electron chi connectivity index (χ4n) is 2.16. The summed E-state index contributed by atoms with van der Waals surface area (Å²) >= 11 is 3.23. The molecule has 2 aromatic carbocycles. The minimum atomic E-state index is -3.97. The molecule has 0 aromatic heterocycles. The number of hydrogen-bond acceptors (Lipinski definition) is 4. The normalized spacial score (nSPS) is 15.7. The van der Waals surface area contributed by atoms with Gasteiger partial charge in [0.1, 0.15) is 0 Å². The largest absolute Gasteiger partial charge is 0.261 e. The molecular formula is C12H6BrClO4S2. The molecule has 0 radical (unpaired) electrons. The number of hydrogen-bond donors (Lipinski definition) is 0. The SMILES string of the molecule is O=S(=O)(Cl)c1ccc2c(c1)S(=O)(=O)c1cc(Br)ccc1-2. The monoisotopic (exact) mass is 392 g/mol. The smallest absolute Gasteiger partial charge is 0.218 e. The highest BCUT2D eigenvalue weighted by Gasteiger charge is 2.34. The van der Waals surface area contributed by atoms with Crippen molar-refractivity contribution in [3.63, 3.8) is 0 Å². The van der Waals surface area contributed by atoms with Crippen molar-refractivity contribution in [2.75, 3.05) is 0 Å². The van der Waals surface area contributed by atoms with Gasteiger partial charge in [-0.05, 0) is 24.3 Å². The summed E-state index contributed by atoms with van der Waals surface area (Å²) in [5.74, 6) is 0. The molecule has 104 valence electrons. The third kappa shape index (κ3) is 2.00. The molecule has 0 bridgehead atoms. The van der Waals surface area contributed by atoms with Crippen LogP contribution in [0.2, 0.25) is 0 Å². The molecule has 1 heterocycles. The van der Waals surface area contributed by atoms with Gasteiger partial charge in [-0.3, -0.25) is 0 Å². The predicted molar refractivity (Wildman–Crippen MR) is 78.1 cm³/mol. The number of halogens is 2. The van der Waals surface area contributed by atoms with Gasteiger partial charge in [-0.2, -0.15) is 0 Å². The van der Waals surface area contributed by atoms with Crippen molar-refractivity contribution in [3.05, 3.63) is 40.9 Å². The lowest BCUT2D eigenvalue weighted by Gasteiger charge is -2.01.